The van der Waals surface area contributed by atoms with Gasteiger partial charge in [-0.3, -0.25) is 0 Å². The van der Waals surface area contributed by atoms with Gasteiger partial charge in [0.25, 0.3) is 0 Å². The van der Waals surface area contributed by atoms with Gasteiger partial charge in [0.2, 0.25) is 0 Å². The molecule has 4 aromatic rings. The first kappa shape index (κ1) is 28.6. The maximum atomic E-state index is 11.3. The van der Waals surface area contributed by atoms with Crippen LogP contribution in [-0.2, 0) is 4.79 Å². The second-order valence-corrected chi connectivity index (χ2v) is 10.2. The van der Waals surface area contributed by atoms with Crippen LogP contribution in [0.5, 0.6) is 11.5 Å². The molecule has 5 heteroatoms. The molecule has 1 atom stereocenters. The van der Waals surface area contributed by atoms with E-state index >= 15 is 0 Å². The zero-order valence-corrected chi connectivity index (χ0v) is 23.7. The van der Waals surface area contributed by atoms with E-state index in [1.165, 1.54) is 5.56 Å². The molecule has 0 spiro atoms. The van der Waals surface area contributed by atoms with E-state index < -0.39 is 12.1 Å². The number of allylic oxidation sites excluding steroid dienone is 1. The fraction of sp³-hybridized carbons (Fsp3) is 0.171. The highest BCUT2D eigenvalue weighted by Crippen LogP contribution is 2.28. The monoisotopic (exact) mass is 548 g/mol. The summed E-state index contributed by atoms with van der Waals surface area (Å²) in [6, 6.07) is 32.4. The summed E-state index contributed by atoms with van der Waals surface area (Å²) >= 11 is 1.69. The number of carboxylic acid groups (broad SMARTS) is 1. The van der Waals surface area contributed by atoms with Gasteiger partial charge in [-0.25, -0.2) is 4.79 Å². The zero-order valence-electron chi connectivity index (χ0n) is 22.9. The Kier molecular flexibility index (Phi) is 10.1. The molecule has 4 nitrogen and oxygen atoms in total. The molecule has 0 saturated heterocycles. The molecule has 0 radical (unpaired) electrons. The van der Waals surface area contributed by atoms with Crippen LogP contribution in [-0.4, -0.2) is 30.0 Å². The fourth-order valence-electron chi connectivity index (χ4n) is 4.05. The minimum atomic E-state index is -0.953. The molecule has 0 aromatic heterocycles. The molecule has 4 aromatic carbocycles. The van der Waals surface area contributed by atoms with E-state index in [9.17, 15) is 9.90 Å². The van der Waals surface area contributed by atoms with Crippen molar-refractivity contribution >= 4 is 23.3 Å². The molecule has 0 aliphatic heterocycles. The minimum absolute atomic E-state index is 0.405. The molecule has 0 fully saturated rings. The Hall–Kier alpha value is -4.40. The van der Waals surface area contributed by atoms with Crippen molar-refractivity contribution in [3.8, 4) is 34.5 Å². The van der Waals surface area contributed by atoms with E-state index in [0.29, 0.717) is 12.2 Å². The number of ether oxygens (including phenoxy) is 2. The summed E-state index contributed by atoms with van der Waals surface area (Å²) in [4.78, 5) is 12.4. The topological polar surface area (TPSA) is 55.8 Å². The molecule has 202 valence electrons. The molecule has 0 aliphatic carbocycles. The smallest absolute Gasteiger partial charge is 0.344 e. The molecule has 40 heavy (non-hydrogen) atoms. The lowest BCUT2D eigenvalue weighted by Crippen LogP contribution is -2.26. The predicted molar refractivity (Wildman–Crippen MR) is 164 cm³/mol. The summed E-state index contributed by atoms with van der Waals surface area (Å²) in [7, 11) is 1.65. The number of thioether (sulfide) groups is 1. The molecule has 0 bridgehead atoms. The van der Waals surface area contributed by atoms with Crippen LogP contribution in [0.15, 0.2) is 108 Å². The average molecular weight is 549 g/mol. The molecule has 1 unspecified atom stereocenters. The van der Waals surface area contributed by atoms with Gasteiger partial charge in [0.05, 0.1) is 7.11 Å². The quantitative estimate of drug-likeness (QED) is 0.160. The van der Waals surface area contributed by atoms with Crippen molar-refractivity contribution in [2.24, 2.45) is 0 Å². The molecular formula is C35H32O4S. The minimum Gasteiger partial charge on any atom is -0.497 e. The highest BCUT2D eigenvalue weighted by Gasteiger charge is 2.17. The van der Waals surface area contributed by atoms with Gasteiger partial charge in [0, 0.05) is 21.8 Å². The molecule has 1 N–H and O–H groups in total. The number of aliphatic carboxylic acids is 1. The summed E-state index contributed by atoms with van der Waals surface area (Å²) < 4.78 is 11.0. The molecular weight excluding hydrogens is 516 g/mol. The van der Waals surface area contributed by atoms with Crippen molar-refractivity contribution in [2.75, 3.05) is 12.9 Å². The Morgan fingerprint density at radius 3 is 2.27 bits per heavy atom. The van der Waals surface area contributed by atoms with Crippen molar-refractivity contribution in [3.63, 3.8) is 0 Å². The Morgan fingerprint density at radius 1 is 0.950 bits per heavy atom. The second-order valence-electron chi connectivity index (χ2n) is 9.13. The number of hydrogen-bond acceptors (Lipinski definition) is 4. The van der Waals surface area contributed by atoms with Crippen LogP contribution >= 0.6 is 11.8 Å². The van der Waals surface area contributed by atoms with E-state index in [4.69, 9.17) is 9.47 Å². The first-order valence-electron chi connectivity index (χ1n) is 13.1. The number of methoxy groups -OCH3 is 1. The SMILES string of the molecule is CCC(Oc1ccc(SC/C=C(\C#Cc2ccc(OC)cc2)c2ccc(-c3ccccc3)cc2)cc1C)C(=O)O. The highest BCUT2D eigenvalue weighted by atomic mass is 32.2. The normalized spacial score (nSPS) is 11.7. The van der Waals surface area contributed by atoms with E-state index in [0.717, 1.165) is 44.2 Å². The highest BCUT2D eigenvalue weighted by molar-refractivity contribution is 7.99. The maximum absolute atomic E-state index is 11.3. The summed E-state index contributed by atoms with van der Waals surface area (Å²) in [5.41, 5.74) is 6.17. The zero-order chi connectivity index (χ0) is 28.3. The number of rotatable bonds is 10. The lowest BCUT2D eigenvalue weighted by atomic mass is 10.0. The largest absolute Gasteiger partial charge is 0.497 e. The second kappa shape index (κ2) is 14.1. The Labute approximate surface area is 240 Å². The summed E-state index contributed by atoms with van der Waals surface area (Å²) in [5, 5.41) is 9.30. The predicted octanol–water partition coefficient (Wildman–Crippen LogP) is 8.14. The third kappa shape index (κ3) is 7.81. The van der Waals surface area contributed by atoms with E-state index in [-0.39, 0.29) is 0 Å². The van der Waals surface area contributed by atoms with Crippen LogP contribution < -0.4 is 9.47 Å². The number of carboxylic acids is 1. The lowest BCUT2D eigenvalue weighted by Gasteiger charge is -2.15. The van der Waals surface area contributed by atoms with Gasteiger partial charge in [-0.1, -0.05) is 79.4 Å². The third-order valence-corrected chi connectivity index (χ3v) is 7.25. The van der Waals surface area contributed by atoms with E-state index in [1.807, 2.05) is 67.6 Å². The first-order chi connectivity index (χ1) is 19.5. The standard InChI is InChI=1S/C35H32O4S/c1-4-33(35(36)37)39-34-21-20-32(24-25(34)2)40-23-22-30(13-10-26-11-18-31(38-3)19-12-26)29-16-14-28(15-17-29)27-8-6-5-7-9-27/h5-9,11-12,14-22,24,33H,4,23H2,1-3H3,(H,36,37)/b30-22+. The van der Waals surface area contributed by atoms with Gasteiger partial charge in [-0.2, -0.15) is 0 Å². The summed E-state index contributed by atoms with van der Waals surface area (Å²) in [5.74, 6) is 7.83. The fourth-order valence-corrected chi connectivity index (χ4v) is 4.92. The van der Waals surface area contributed by atoms with Crippen LogP contribution in [0.4, 0.5) is 0 Å². The Balaban J connectivity index is 1.54. The Bertz CT molecular complexity index is 1510. The third-order valence-electron chi connectivity index (χ3n) is 6.33. The molecule has 4 rings (SSSR count). The molecule has 0 aliphatic rings. The number of hydrogen-bond donors (Lipinski definition) is 1. The molecule has 0 heterocycles. The summed E-state index contributed by atoms with van der Waals surface area (Å²) in [6.45, 7) is 3.73. The van der Waals surface area contributed by atoms with E-state index in [1.54, 1.807) is 25.8 Å². The molecule has 0 saturated carbocycles. The van der Waals surface area contributed by atoms with Crippen molar-refractivity contribution < 1.29 is 19.4 Å². The van der Waals surface area contributed by atoms with Gasteiger partial charge < -0.3 is 14.6 Å². The van der Waals surface area contributed by atoms with E-state index in [2.05, 4.69) is 54.3 Å². The van der Waals surface area contributed by atoms with Crippen LogP contribution in [0.1, 0.15) is 30.0 Å². The maximum Gasteiger partial charge on any atom is 0.344 e. The number of benzene rings is 4. The van der Waals surface area contributed by atoms with Crippen LogP contribution in [0.25, 0.3) is 16.7 Å². The average Bonchev–Trinajstić information content (AvgIpc) is 2.99. The van der Waals surface area contributed by atoms with Crippen LogP contribution in [0.3, 0.4) is 0 Å². The van der Waals surface area contributed by atoms with Gasteiger partial charge in [-0.15, -0.1) is 11.8 Å². The van der Waals surface area contributed by atoms with Crippen molar-refractivity contribution in [2.45, 2.75) is 31.3 Å². The first-order valence-corrected chi connectivity index (χ1v) is 14.1. The van der Waals surface area contributed by atoms with Gasteiger partial charge in [0.1, 0.15) is 11.5 Å². The lowest BCUT2D eigenvalue weighted by molar-refractivity contribution is -0.145. The summed E-state index contributed by atoms with van der Waals surface area (Å²) in [6.07, 6.45) is 1.71. The molecule has 0 amide bonds. The van der Waals surface area contributed by atoms with Gasteiger partial charge in [0.15, 0.2) is 6.10 Å². The van der Waals surface area contributed by atoms with Gasteiger partial charge in [-0.05, 0) is 78.1 Å². The van der Waals surface area contributed by atoms with Crippen molar-refractivity contribution in [3.05, 3.63) is 120 Å². The van der Waals surface area contributed by atoms with Crippen LogP contribution in [0, 0.1) is 18.8 Å². The number of aryl methyl sites for hydroxylation is 1. The van der Waals surface area contributed by atoms with Crippen LogP contribution in [0.2, 0.25) is 0 Å². The van der Waals surface area contributed by atoms with Gasteiger partial charge >= 0.3 is 5.97 Å². The number of carbonyl (C=O) groups is 1. The Morgan fingerprint density at radius 2 is 1.65 bits per heavy atom. The van der Waals surface area contributed by atoms with Crippen molar-refractivity contribution in [1.29, 1.82) is 0 Å². The van der Waals surface area contributed by atoms with Crippen molar-refractivity contribution in [1.82, 2.24) is 0 Å².